The van der Waals surface area contributed by atoms with Crippen molar-refractivity contribution in [3.63, 3.8) is 0 Å². The fraction of sp³-hybridized carbons (Fsp3) is 0.333. The Morgan fingerprint density at radius 2 is 1.55 bits per heavy atom. The maximum Gasteiger partial charge on any atom is 0.364 e. The van der Waals surface area contributed by atoms with Crippen LogP contribution in [-0.2, 0) is 0 Å². The Labute approximate surface area is 67.7 Å². The van der Waals surface area contributed by atoms with Gasteiger partial charge in [-0.2, -0.15) is 0 Å². The first-order valence-corrected chi connectivity index (χ1v) is 3.78. The van der Waals surface area contributed by atoms with Gasteiger partial charge >= 0.3 is 7.56 Å². The Morgan fingerprint density at radius 1 is 1.09 bits per heavy atom. The van der Waals surface area contributed by atoms with Gasteiger partial charge in [0.25, 0.3) is 0 Å². The van der Waals surface area contributed by atoms with E-state index >= 15 is 0 Å². The van der Waals surface area contributed by atoms with Crippen molar-refractivity contribution in [1.29, 1.82) is 0 Å². The number of rotatable bonds is 1. The highest BCUT2D eigenvalue weighted by Crippen LogP contribution is 2.04. The van der Waals surface area contributed by atoms with Crippen LogP contribution in [0.5, 0.6) is 0 Å². The molecule has 0 amide bonds. The summed E-state index contributed by atoms with van der Waals surface area (Å²) < 4.78 is 12.4. The largest absolute Gasteiger partial charge is 0.364 e. The molecule has 1 rings (SSSR count). The second kappa shape index (κ2) is 3.08. The lowest BCUT2D eigenvalue weighted by Crippen LogP contribution is -2.17. The molecule has 0 radical (unpaired) electrons. The van der Waals surface area contributed by atoms with Crippen LogP contribution in [0.1, 0.15) is 16.7 Å². The number of benzene rings is 1. The summed E-state index contributed by atoms with van der Waals surface area (Å²) in [5, 5.41) is 0. The zero-order chi connectivity index (χ0) is 8.43. The van der Waals surface area contributed by atoms with Crippen LogP contribution in [0.25, 0.3) is 0 Å². The van der Waals surface area contributed by atoms with E-state index in [-0.39, 0.29) is 7.56 Å². The molecule has 0 aliphatic heterocycles. The first-order valence-electron chi connectivity index (χ1n) is 3.78. The Bertz CT molecular complexity index is 245. The van der Waals surface area contributed by atoms with Crippen molar-refractivity contribution in [3.05, 3.63) is 28.8 Å². The molecule has 0 unspecified atom stereocenters. The van der Waals surface area contributed by atoms with Gasteiger partial charge < -0.3 is 4.32 Å². The van der Waals surface area contributed by atoms with Gasteiger partial charge in [0.05, 0.1) is 0 Å². The molecule has 0 nitrogen and oxygen atoms in total. The highest BCUT2D eigenvalue weighted by molar-refractivity contribution is 6.47. The van der Waals surface area contributed by atoms with Crippen molar-refractivity contribution in [2.75, 3.05) is 0 Å². The lowest BCUT2D eigenvalue weighted by molar-refractivity contribution is 0.883. The van der Waals surface area contributed by atoms with Gasteiger partial charge in [-0.3, -0.25) is 0 Å². The van der Waals surface area contributed by atoms with Crippen molar-refractivity contribution in [3.8, 4) is 0 Å². The van der Waals surface area contributed by atoms with Crippen molar-refractivity contribution in [2.45, 2.75) is 20.8 Å². The molecule has 0 spiro atoms. The Balaban J connectivity index is 3.25. The molecule has 1 aromatic carbocycles. The number of halogens is 1. The number of aryl methyl sites for hydroxylation is 3. The molecule has 2 heteroatoms. The van der Waals surface area contributed by atoms with Crippen LogP contribution in [0.3, 0.4) is 0 Å². The van der Waals surface area contributed by atoms with Gasteiger partial charge in [0, 0.05) is 0 Å². The van der Waals surface area contributed by atoms with Gasteiger partial charge in [-0.15, -0.1) is 0 Å². The zero-order valence-corrected chi connectivity index (χ0v) is 7.24. The van der Waals surface area contributed by atoms with Crippen LogP contribution in [0.4, 0.5) is 4.32 Å². The predicted octanol–water partition coefficient (Wildman–Crippen LogP) is 1.56. The van der Waals surface area contributed by atoms with E-state index in [0.29, 0.717) is 0 Å². The molecule has 1 aromatic rings. The summed E-state index contributed by atoms with van der Waals surface area (Å²) >= 11 is 0. The van der Waals surface area contributed by atoms with Crippen LogP contribution in [0.2, 0.25) is 0 Å². The van der Waals surface area contributed by atoms with E-state index in [2.05, 4.69) is 0 Å². The van der Waals surface area contributed by atoms with Crippen LogP contribution in [0, 0.1) is 20.8 Å². The summed E-state index contributed by atoms with van der Waals surface area (Å²) in [5.41, 5.74) is 4.17. The van der Waals surface area contributed by atoms with E-state index in [1.807, 2.05) is 32.9 Å². The molecule has 0 saturated carbocycles. The van der Waals surface area contributed by atoms with Crippen molar-refractivity contribution >= 4 is 13.0 Å². The Morgan fingerprint density at radius 3 is 1.91 bits per heavy atom. The smallest absolute Gasteiger partial charge is 0.335 e. The Hall–Kier alpha value is -0.785. The highest BCUT2D eigenvalue weighted by Gasteiger charge is 2.03. The zero-order valence-electron chi connectivity index (χ0n) is 7.24. The van der Waals surface area contributed by atoms with E-state index in [0.717, 1.165) is 16.6 Å². The molecule has 0 N–H and O–H groups in total. The first-order chi connectivity index (χ1) is 5.15. The molecule has 58 valence electrons. The van der Waals surface area contributed by atoms with Crippen molar-refractivity contribution in [1.82, 2.24) is 0 Å². The Kier molecular flexibility index (Phi) is 2.33. The van der Waals surface area contributed by atoms with Gasteiger partial charge in [0.1, 0.15) is 0 Å². The molecule has 0 fully saturated rings. The van der Waals surface area contributed by atoms with Crippen LogP contribution < -0.4 is 5.46 Å². The standard InChI is InChI=1S/C9H12BF/c1-6-4-7(2)9(10-11)8(3)5-6/h4-5,10H,1-3H3. The minimum absolute atomic E-state index is 0.349. The van der Waals surface area contributed by atoms with Gasteiger partial charge in [0.2, 0.25) is 0 Å². The topological polar surface area (TPSA) is 0 Å². The van der Waals surface area contributed by atoms with Gasteiger partial charge in [-0.25, -0.2) is 0 Å². The van der Waals surface area contributed by atoms with Gasteiger partial charge in [0.15, 0.2) is 0 Å². The quantitative estimate of drug-likeness (QED) is 0.533. The SMILES string of the molecule is Cc1cc(C)c(BF)c(C)c1. The summed E-state index contributed by atoms with van der Waals surface area (Å²) in [5.74, 6) is 0. The van der Waals surface area contributed by atoms with E-state index in [1.165, 1.54) is 5.56 Å². The second-order valence-electron chi connectivity index (χ2n) is 3.01. The molecule has 0 bridgehead atoms. The lowest BCUT2D eigenvalue weighted by Gasteiger charge is -2.05. The predicted molar refractivity (Wildman–Crippen MR) is 48.5 cm³/mol. The minimum Gasteiger partial charge on any atom is -0.335 e. The summed E-state index contributed by atoms with van der Waals surface area (Å²) in [6.45, 7) is 5.94. The minimum atomic E-state index is -0.349. The molecule has 0 aromatic heterocycles. The monoisotopic (exact) mass is 150 g/mol. The van der Waals surface area contributed by atoms with Crippen molar-refractivity contribution < 1.29 is 4.32 Å². The van der Waals surface area contributed by atoms with E-state index in [4.69, 9.17) is 0 Å². The average Bonchev–Trinajstić information content (AvgIpc) is 1.85. The molecule has 0 aliphatic carbocycles. The van der Waals surface area contributed by atoms with Gasteiger partial charge in [-0.1, -0.05) is 28.8 Å². The third kappa shape index (κ3) is 1.62. The summed E-state index contributed by atoms with van der Waals surface area (Å²) in [6, 6.07) is 4.03. The van der Waals surface area contributed by atoms with Gasteiger partial charge in [-0.05, 0) is 26.2 Å². The maximum absolute atomic E-state index is 12.4. The summed E-state index contributed by atoms with van der Waals surface area (Å²) in [6.07, 6.45) is 0. The first kappa shape index (κ1) is 8.31. The molecule has 0 saturated heterocycles. The third-order valence-corrected chi connectivity index (χ3v) is 1.97. The van der Waals surface area contributed by atoms with Crippen LogP contribution in [0.15, 0.2) is 12.1 Å². The van der Waals surface area contributed by atoms with Crippen LogP contribution >= 0.6 is 0 Å². The van der Waals surface area contributed by atoms with Crippen LogP contribution in [-0.4, -0.2) is 7.56 Å². The maximum atomic E-state index is 12.4. The molecular formula is C9H12BF. The number of hydrogen-bond donors (Lipinski definition) is 0. The lowest BCUT2D eigenvalue weighted by atomic mass is 9.82. The summed E-state index contributed by atoms with van der Waals surface area (Å²) in [4.78, 5) is 0. The summed E-state index contributed by atoms with van der Waals surface area (Å²) in [7, 11) is -0.349. The van der Waals surface area contributed by atoms with E-state index < -0.39 is 0 Å². The second-order valence-corrected chi connectivity index (χ2v) is 3.01. The highest BCUT2D eigenvalue weighted by atomic mass is 19.1. The van der Waals surface area contributed by atoms with Crippen molar-refractivity contribution in [2.24, 2.45) is 0 Å². The van der Waals surface area contributed by atoms with E-state index in [9.17, 15) is 4.32 Å². The molecule has 0 aliphatic rings. The third-order valence-electron chi connectivity index (χ3n) is 1.97. The molecular weight excluding hydrogens is 138 g/mol. The normalized spacial score (nSPS) is 9.82. The number of hydrogen-bond acceptors (Lipinski definition) is 0. The fourth-order valence-electron chi connectivity index (χ4n) is 1.42. The fourth-order valence-corrected chi connectivity index (χ4v) is 1.42. The average molecular weight is 150 g/mol. The molecule has 0 atom stereocenters. The molecule has 0 heterocycles. The molecule has 11 heavy (non-hydrogen) atoms. The van der Waals surface area contributed by atoms with E-state index in [1.54, 1.807) is 0 Å².